The van der Waals surface area contributed by atoms with Gasteiger partial charge in [0.1, 0.15) is 0 Å². The average Bonchev–Trinajstić information content (AvgIpc) is 2.93. The van der Waals surface area contributed by atoms with E-state index in [1.165, 1.54) is 5.69 Å². The van der Waals surface area contributed by atoms with Gasteiger partial charge in [0.15, 0.2) is 5.96 Å². The summed E-state index contributed by atoms with van der Waals surface area (Å²) in [6.07, 6.45) is 2.11. The van der Waals surface area contributed by atoms with E-state index in [1.54, 1.807) is 0 Å². The Bertz CT molecular complexity index is 522. The minimum atomic E-state index is 0.803. The number of nitrogens with zero attached hydrogens (tertiary/aromatic N) is 4. The molecule has 2 heterocycles. The van der Waals surface area contributed by atoms with Gasteiger partial charge in [-0.15, -0.1) is 0 Å². The van der Waals surface area contributed by atoms with E-state index in [-0.39, 0.29) is 0 Å². The normalized spacial score (nSPS) is 16.2. The van der Waals surface area contributed by atoms with Gasteiger partial charge in [0.25, 0.3) is 0 Å². The van der Waals surface area contributed by atoms with Gasteiger partial charge in [-0.1, -0.05) is 0 Å². The summed E-state index contributed by atoms with van der Waals surface area (Å²) in [4.78, 5) is 7.13. The minimum absolute atomic E-state index is 0.803. The summed E-state index contributed by atoms with van der Waals surface area (Å²) in [7, 11) is 0. The molecule has 1 aromatic heterocycles. The van der Waals surface area contributed by atoms with Crippen molar-refractivity contribution < 1.29 is 4.74 Å². The van der Waals surface area contributed by atoms with Crippen LogP contribution in [0.5, 0.6) is 0 Å². The standard InChI is InChI=1S/C18H34N6O/c1-4-19-18(20-7-5-9-23-11-13-25-14-12-23)21-8-6-10-24-17(3)15-16(2)22-24/h15H,4-14H2,1-3H3,(H2,19,20,21). The number of hydrogen-bond donors (Lipinski definition) is 2. The Balaban J connectivity index is 1.64. The van der Waals surface area contributed by atoms with Crippen molar-refractivity contribution in [2.45, 2.75) is 40.2 Å². The quantitative estimate of drug-likeness (QED) is 0.398. The van der Waals surface area contributed by atoms with Crippen LogP contribution >= 0.6 is 0 Å². The van der Waals surface area contributed by atoms with Gasteiger partial charge in [0, 0.05) is 45.0 Å². The van der Waals surface area contributed by atoms with E-state index >= 15 is 0 Å². The van der Waals surface area contributed by atoms with Crippen molar-refractivity contribution >= 4 is 5.96 Å². The Morgan fingerprint density at radius 3 is 2.68 bits per heavy atom. The summed E-state index contributed by atoms with van der Waals surface area (Å²) in [6, 6.07) is 2.11. The molecule has 1 saturated heterocycles. The smallest absolute Gasteiger partial charge is 0.191 e. The summed E-state index contributed by atoms with van der Waals surface area (Å²) in [5.74, 6) is 0.915. The van der Waals surface area contributed by atoms with Crippen LogP contribution in [0.2, 0.25) is 0 Å². The third-order valence-corrected chi connectivity index (χ3v) is 4.29. The van der Waals surface area contributed by atoms with Gasteiger partial charge in [0.2, 0.25) is 0 Å². The highest BCUT2D eigenvalue weighted by molar-refractivity contribution is 5.79. The first kappa shape index (κ1) is 19.7. The van der Waals surface area contributed by atoms with Gasteiger partial charge in [-0.05, 0) is 46.2 Å². The first-order valence-corrected chi connectivity index (χ1v) is 9.52. The Labute approximate surface area is 151 Å². The molecule has 1 aromatic rings. The van der Waals surface area contributed by atoms with Crippen molar-refractivity contribution in [1.82, 2.24) is 25.3 Å². The second-order valence-electron chi connectivity index (χ2n) is 6.50. The number of rotatable bonds is 9. The van der Waals surface area contributed by atoms with Gasteiger partial charge in [-0.25, -0.2) is 0 Å². The lowest BCUT2D eigenvalue weighted by Gasteiger charge is -2.26. The molecule has 1 aliphatic heterocycles. The van der Waals surface area contributed by atoms with Crippen molar-refractivity contribution in [2.75, 3.05) is 52.5 Å². The maximum atomic E-state index is 5.38. The maximum absolute atomic E-state index is 5.38. The van der Waals surface area contributed by atoms with Crippen LogP contribution < -0.4 is 10.6 Å². The summed E-state index contributed by atoms with van der Waals surface area (Å²) in [6.45, 7) is 14.7. The van der Waals surface area contributed by atoms with Crippen LogP contribution in [0.1, 0.15) is 31.2 Å². The number of hydrogen-bond acceptors (Lipinski definition) is 4. The van der Waals surface area contributed by atoms with E-state index in [2.05, 4.69) is 50.2 Å². The van der Waals surface area contributed by atoms with Crippen molar-refractivity contribution in [3.05, 3.63) is 17.5 Å². The lowest BCUT2D eigenvalue weighted by molar-refractivity contribution is 0.0376. The van der Waals surface area contributed by atoms with Crippen LogP contribution in [0.4, 0.5) is 0 Å². The second-order valence-corrected chi connectivity index (χ2v) is 6.50. The van der Waals surface area contributed by atoms with Crippen LogP contribution in [0.3, 0.4) is 0 Å². The molecule has 25 heavy (non-hydrogen) atoms. The molecule has 0 aromatic carbocycles. The third-order valence-electron chi connectivity index (χ3n) is 4.29. The summed E-state index contributed by atoms with van der Waals surface area (Å²) in [5, 5.41) is 11.2. The van der Waals surface area contributed by atoms with Crippen molar-refractivity contribution in [3.8, 4) is 0 Å². The zero-order valence-electron chi connectivity index (χ0n) is 16.1. The Morgan fingerprint density at radius 2 is 2.00 bits per heavy atom. The van der Waals surface area contributed by atoms with Gasteiger partial charge < -0.3 is 15.4 Å². The molecule has 2 N–H and O–H groups in total. The first-order valence-electron chi connectivity index (χ1n) is 9.52. The van der Waals surface area contributed by atoms with E-state index in [4.69, 9.17) is 4.74 Å². The molecular weight excluding hydrogens is 316 g/mol. The molecule has 0 saturated carbocycles. The van der Waals surface area contributed by atoms with Gasteiger partial charge >= 0.3 is 0 Å². The average molecular weight is 351 g/mol. The SMILES string of the molecule is CCNC(=NCCCn1nc(C)cc1C)NCCCN1CCOCC1. The highest BCUT2D eigenvalue weighted by Crippen LogP contribution is 2.02. The minimum Gasteiger partial charge on any atom is -0.379 e. The van der Waals surface area contributed by atoms with Crippen LogP contribution in [-0.4, -0.2) is 73.1 Å². The van der Waals surface area contributed by atoms with Crippen LogP contribution in [0.15, 0.2) is 11.1 Å². The Hall–Kier alpha value is -1.60. The molecule has 0 atom stereocenters. The van der Waals surface area contributed by atoms with Crippen LogP contribution in [0.25, 0.3) is 0 Å². The van der Waals surface area contributed by atoms with Crippen molar-refractivity contribution in [1.29, 1.82) is 0 Å². The van der Waals surface area contributed by atoms with E-state index in [0.29, 0.717) is 0 Å². The van der Waals surface area contributed by atoms with Gasteiger partial charge in [-0.3, -0.25) is 14.6 Å². The van der Waals surface area contributed by atoms with Crippen LogP contribution in [0, 0.1) is 13.8 Å². The molecular formula is C18H34N6O. The fraction of sp³-hybridized carbons (Fsp3) is 0.778. The monoisotopic (exact) mass is 350 g/mol. The predicted octanol–water partition coefficient (Wildman–Crippen LogP) is 1.17. The number of aromatic nitrogens is 2. The molecule has 0 spiro atoms. The fourth-order valence-electron chi connectivity index (χ4n) is 2.99. The zero-order valence-corrected chi connectivity index (χ0v) is 16.1. The van der Waals surface area contributed by atoms with E-state index in [0.717, 1.165) is 83.5 Å². The molecule has 1 aliphatic rings. The maximum Gasteiger partial charge on any atom is 0.191 e. The number of aryl methyl sites for hydroxylation is 3. The highest BCUT2D eigenvalue weighted by atomic mass is 16.5. The molecule has 7 heteroatoms. The number of morpholine rings is 1. The lowest BCUT2D eigenvalue weighted by Crippen LogP contribution is -2.40. The molecule has 7 nitrogen and oxygen atoms in total. The van der Waals surface area contributed by atoms with E-state index in [9.17, 15) is 0 Å². The fourth-order valence-corrected chi connectivity index (χ4v) is 2.99. The summed E-state index contributed by atoms with van der Waals surface area (Å²) in [5.41, 5.74) is 2.30. The first-order chi connectivity index (χ1) is 12.2. The molecule has 1 fully saturated rings. The predicted molar refractivity (Wildman–Crippen MR) is 102 cm³/mol. The summed E-state index contributed by atoms with van der Waals surface area (Å²) >= 11 is 0. The molecule has 0 aliphatic carbocycles. The third kappa shape index (κ3) is 7.44. The number of guanidine groups is 1. The Morgan fingerprint density at radius 1 is 1.20 bits per heavy atom. The summed E-state index contributed by atoms with van der Waals surface area (Å²) < 4.78 is 7.44. The van der Waals surface area contributed by atoms with Gasteiger partial charge in [0.05, 0.1) is 18.9 Å². The number of aliphatic imine (C=N–C) groups is 1. The molecule has 2 rings (SSSR count). The van der Waals surface area contributed by atoms with Gasteiger partial charge in [-0.2, -0.15) is 5.10 Å². The number of nitrogens with one attached hydrogen (secondary N) is 2. The highest BCUT2D eigenvalue weighted by Gasteiger charge is 2.09. The molecule has 142 valence electrons. The van der Waals surface area contributed by atoms with E-state index < -0.39 is 0 Å². The van der Waals surface area contributed by atoms with Crippen molar-refractivity contribution in [3.63, 3.8) is 0 Å². The molecule has 0 unspecified atom stereocenters. The molecule has 0 amide bonds. The van der Waals surface area contributed by atoms with E-state index in [1.807, 2.05) is 6.92 Å². The largest absolute Gasteiger partial charge is 0.379 e. The molecule has 0 radical (unpaired) electrons. The Kier molecular flexibility index (Phi) is 8.76. The zero-order chi connectivity index (χ0) is 17.9. The second kappa shape index (κ2) is 11.1. The van der Waals surface area contributed by atoms with Crippen molar-refractivity contribution in [2.24, 2.45) is 4.99 Å². The topological polar surface area (TPSA) is 66.7 Å². The molecule has 0 bridgehead atoms. The lowest BCUT2D eigenvalue weighted by atomic mass is 10.3. The van der Waals surface area contributed by atoms with Crippen LogP contribution in [-0.2, 0) is 11.3 Å². The number of ether oxygens (including phenoxy) is 1.